The van der Waals surface area contributed by atoms with E-state index < -0.39 is 20.0 Å². The molecule has 2 atom stereocenters. The monoisotopic (exact) mass is 358 g/mol. The number of rotatable bonds is 5. The summed E-state index contributed by atoms with van der Waals surface area (Å²) in [6, 6.07) is 6.53. The summed E-state index contributed by atoms with van der Waals surface area (Å²) in [5.41, 5.74) is 0. The Kier molecular flexibility index (Phi) is 12.3. The van der Waals surface area contributed by atoms with Crippen LogP contribution >= 0.6 is 25.8 Å². The van der Waals surface area contributed by atoms with E-state index in [0.29, 0.717) is 0 Å². The molecule has 0 amide bonds. The molecule has 0 saturated carbocycles. The molecule has 0 aliphatic heterocycles. The van der Waals surface area contributed by atoms with Crippen molar-refractivity contribution < 1.29 is 82.9 Å². The van der Waals surface area contributed by atoms with E-state index in [4.69, 9.17) is 9.42 Å². The summed E-state index contributed by atoms with van der Waals surface area (Å²) in [6.45, 7) is -3.81. The van der Waals surface area contributed by atoms with E-state index in [1.54, 1.807) is 12.1 Å². The van der Waals surface area contributed by atoms with Crippen LogP contribution in [0.25, 0.3) is 0 Å². The van der Waals surface area contributed by atoms with Crippen LogP contribution in [0.4, 0.5) is 0 Å². The van der Waals surface area contributed by atoms with Gasteiger partial charge in [0.2, 0.25) is 0 Å². The first-order valence-electron chi connectivity index (χ1n) is 4.38. The van der Waals surface area contributed by atoms with Crippen LogP contribution in [0, 0.1) is 0 Å². The third kappa shape index (κ3) is 10.5. The van der Waals surface area contributed by atoms with Gasteiger partial charge in [-0.25, -0.2) is 0 Å². The van der Waals surface area contributed by atoms with E-state index in [1.807, 2.05) is 6.26 Å². The fraction of sp³-hybridized carbons (Fsp3) is 0.250. The molecule has 5 nitrogen and oxygen atoms in total. The zero-order chi connectivity index (χ0) is 13.1. The second kappa shape index (κ2) is 10.0. The fourth-order valence-electron chi connectivity index (χ4n) is 1.04. The van der Waals surface area contributed by atoms with Crippen molar-refractivity contribution in [3.63, 3.8) is 0 Å². The molecule has 0 radical (unpaired) electrons. The van der Waals surface area contributed by atoms with E-state index in [9.17, 15) is 14.4 Å². The van der Waals surface area contributed by atoms with Crippen LogP contribution in [0.1, 0.15) is 0 Å². The predicted octanol–water partition coefficient (Wildman–Crippen LogP) is -5.03. The largest absolute Gasteiger partial charge is 1.00 e. The van der Waals surface area contributed by atoms with Gasteiger partial charge in [0.1, 0.15) is 13.3 Å². The molecule has 1 aromatic rings. The Labute approximate surface area is 165 Å². The van der Waals surface area contributed by atoms with Crippen LogP contribution in [-0.2, 0) is 16.4 Å². The summed E-state index contributed by atoms with van der Waals surface area (Å²) in [4.78, 5) is 31.8. The first-order valence-corrected chi connectivity index (χ1v) is 10.2. The third-order valence-electron chi connectivity index (χ3n) is 1.66. The maximum atomic E-state index is 11.6. The second-order valence-corrected chi connectivity index (χ2v) is 9.52. The third-order valence-corrected chi connectivity index (χ3v) is 6.97. The minimum Gasteiger partial charge on any atom is -0.791 e. The first-order chi connectivity index (χ1) is 7.72. The van der Waals surface area contributed by atoms with Crippen LogP contribution in [0.2, 0.25) is 0 Å². The number of thioether (sulfide) groups is 1. The van der Waals surface area contributed by atoms with Crippen molar-refractivity contribution in [2.24, 2.45) is 0 Å². The molecule has 2 unspecified atom stereocenters. The smallest absolute Gasteiger partial charge is 0.791 e. The van der Waals surface area contributed by atoms with E-state index >= 15 is 0 Å². The van der Waals surface area contributed by atoms with E-state index in [1.165, 1.54) is 23.9 Å². The van der Waals surface area contributed by atoms with Crippen molar-refractivity contribution in [2.75, 3.05) is 12.2 Å². The van der Waals surface area contributed by atoms with Gasteiger partial charge in [-0.15, -0.1) is 11.8 Å². The van der Waals surface area contributed by atoms with E-state index in [2.05, 4.69) is 11.8 Å². The Morgan fingerprint density at radius 2 is 1.79 bits per heavy atom. The number of hydrogen-bond donors (Lipinski definition) is 1. The molecule has 0 aliphatic carbocycles. The molecule has 19 heavy (non-hydrogen) atoms. The average Bonchev–Trinajstić information content (AvgIpc) is 2.14. The maximum absolute atomic E-state index is 11.6. The van der Waals surface area contributed by atoms with Gasteiger partial charge in [-0.05, 0) is 30.5 Å². The van der Waals surface area contributed by atoms with Crippen LogP contribution in [0.3, 0.4) is 0 Å². The summed E-state index contributed by atoms with van der Waals surface area (Å²) >= 11 is 6.05. The molecule has 0 aromatic heterocycles. The number of hydrogen-bond acceptors (Lipinski definition) is 6. The van der Waals surface area contributed by atoms with Crippen molar-refractivity contribution in [1.82, 2.24) is 0 Å². The summed E-state index contributed by atoms with van der Waals surface area (Å²) in [6.07, 6.45) is 1.90. The van der Waals surface area contributed by atoms with E-state index in [0.717, 1.165) is 4.90 Å². The standard InChI is InChI=1S/C8H12O5P2S2.2Na/c1-17-8-4-2-7(3-5-8)13-15(12,16)6-14(9,10)11;;/h2-5H,6H2,1H3,(H,12,16)(H2,9,10,11);;/q;2*+1/p-2. The van der Waals surface area contributed by atoms with Crippen molar-refractivity contribution in [1.29, 1.82) is 0 Å². The Balaban J connectivity index is 0. The number of benzene rings is 1. The van der Waals surface area contributed by atoms with Crippen molar-refractivity contribution in [3.8, 4) is 5.75 Å². The Morgan fingerprint density at radius 3 is 2.16 bits per heavy atom. The van der Waals surface area contributed by atoms with Gasteiger partial charge in [-0.2, -0.15) is 0 Å². The molecule has 11 heteroatoms. The molecule has 0 spiro atoms. The Morgan fingerprint density at radius 1 is 1.32 bits per heavy atom. The van der Waals surface area contributed by atoms with Gasteiger partial charge in [-0.1, -0.05) is 11.8 Å². The van der Waals surface area contributed by atoms with Crippen LogP contribution < -0.4 is 73.4 Å². The van der Waals surface area contributed by atoms with Crippen molar-refractivity contribution >= 4 is 37.7 Å². The molecule has 0 fully saturated rings. The quantitative estimate of drug-likeness (QED) is 0.320. The molecule has 1 aromatic carbocycles. The molecule has 1 N–H and O–H groups in total. The van der Waals surface area contributed by atoms with Gasteiger partial charge >= 0.3 is 59.1 Å². The molecular weight excluding hydrogens is 348 g/mol. The van der Waals surface area contributed by atoms with E-state index in [-0.39, 0.29) is 64.9 Å². The van der Waals surface area contributed by atoms with Gasteiger partial charge in [0.15, 0.2) is 0 Å². The van der Waals surface area contributed by atoms with Crippen LogP contribution in [0.5, 0.6) is 5.75 Å². The topological polar surface area (TPSA) is 92.7 Å². The maximum Gasteiger partial charge on any atom is 1.00 e. The zero-order valence-electron chi connectivity index (χ0n) is 10.8. The van der Waals surface area contributed by atoms with Crippen molar-refractivity contribution in [2.45, 2.75) is 4.90 Å². The van der Waals surface area contributed by atoms with Gasteiger partial charge in [0, 0.05) is 4.90 Å². The Bertz CT molecular complexity index is 479. The molecule has 1 rings (SSSR count). The molecular formula is C8H10Na2O5P2S2. The SMILES string of the molecule is CSc1ccc(OP([O-])(=S)CP(=O)([O-])O)cc1.[Na+].[Na+]. The molecule has 0 saturated heterocycles. The second-order valence-electron chi connectivity index (χ2n) is 3.16. The van der Waals surface area contributed by atoms with Gasteiger partial charge < -0.3 is 23.8 Å². The fourth-order valence-corrected chi connectivity index (χ4v) is 5.45. The normalized spacial score (nSPS) is 16.2. The first kappa shape index (κ1) is 23.4. The minimum atomic E-state index is -4.69. The summed E-state index contributed by atoms with van der Waals surface area (Å²) in [5.74, 6) is -0.825. The molecule has 0 aliphatic rings. The molecule has 0 bridgehead atoms. The summed E-state index contributed by atoms with van der Waals surface area (Å²) in [5, 5.41) is 0. The van der Waals surface area contributed by atoms with Gasteiger partial charge in [-0.3, -0.25) is 0 Å². The van der Waals surface area contributed by atoms with Gasteiger partial charge in [0.05, 0.1) is 12.4 Å². The molecule has 0 heterocycles. The van der Waals surface area contributed by atoms with Crippen LogP contribution in [-0.4, -0.2) is 17.1 Å². The average molecular weight is 358 g/mol. The minimum absolute atomic E-state index is 0. The molecule has 96 valence electrons. The zero-order valence-corrected chi connectivity index (χ0v) is 18.2. The van der Waals surface area contributed by atoms with Gasteiger partial charge in [0.25, 0.3) is 0 Å². The predicted molar refractivity (Wildman–Crippen MR) is 67.8 cm³/mol. The Hall–Kier alpha value is 2.13. The van der Waals surface area contributed by atoms with Crippen molar-refractivity contribution in [3.05, 3.63) is 24.3 Å². The summed E-state index contributed by atoms with van der Waals surface area (Å²) < 4.78 is 15.5. The van der Waals surface area contributed by atoms with Crippen LogP contribution in [0.15, 0.2) is 29.2 Å². The summed E-state index contributed by atoms with van der Waals surface area (Å²) in [7, 11) is -4.69.